The van der Waals surface area contributed by atoms with Crippen molar-refractivity contribution in [2.75, 3.05) is 5.88 Å². The van der Waals surface area contributed by atoms with Gasteiger partial charge in [-0.1, -0.05) is 45.0 Å². The highest BCUT2D eigenvalue weighted by molar-refractivity contribution is 8.13. The van der Waals surface area contributed by atoms with E-state index in [9.17, 15) is 19.1 Å². The van der Waals surface area contributed by atoms with Crippen molar-refractivity contribution < 1.29 is 23.8 Å². The molecule has 7 atom stereocenters. The van der Waals surface area contributed by atoms with Gasteiger partial charge in [-0.25, -0.2) is 9.07 Å². The molecule has 3 saturated carbocycles. The van der Waals surface area contributed by atoms with Gasteiger partial charge in [0.2, 0.25) is 5.12 Å². The molecule has 1 unspecified atom stereocenters. The molecule has 9 heteroatoms. The minimum Gasteiger partial charge on any atom is -0.449 e. The average Bonchev–Trinajstić information content (AvgIpc) is 3.47. The van der Waals surface area contributed by atoms with E-state index in [0.717, 1.165) is 54.4 Å². The fourth-order valence-electron chi connectivity index (χ4n) is 9.27. The molecule has 7 nitrogen and oxygen atoms in total. The zero-order valence-electron chi connectivity index (χ0n) is 24.3. The number of carbonyl (C=O) groups is 2. The van der Waals surface area contributed by atoms with Crippen LogP contribution >= 0.6 is 11.8 Å². The molecule has 4 aliphatic carbocycles. The first kappa shape index (κ1) is 28.6. The molecule has 0 radical (unpaired) electrons. The number of hydrogen-bond donors (Lipinski definition) is 2. The van der Waals surface area contributed by atoms with E-state index in [0.29, 0.717) is 12.8 Å². The molecule has 220 valence electrons. The number of nitrogens with two attached hydrogens (primary N) is 1. The fourth-order valence-corrected chi connectivity index (χ4v) is 10.0. The van der Waals surface area contributed by atoms with Gasteiger partial charge >= 0.3 is 5.97 Å². The van der Waals surface area contributed by atoms with Crippen LogP contribution in [0.1, 0.15) is 77.5 Å². The number of aliphatic hydroxyl groups is 1. The van der Waals surface area contributed by atoms with Crippen LogP contribution in [0.25, 0.3) is 11.8 Å². The summed E-state index contributed by atoms with van der Waals surface area (Å²) in [5, 5.41) is 16.7. The Morgan fingerprint density at radius 2 is 1.93 bits per heavy atom. The molecule has 0 amide bonds. The second-order valence-corrected chi connectivity index (χ2v) is 14.1. The highest BCUT2D eigenvalue weighted by Crippen LogP contribution is 2.73. The molecule has 41 heavy (non-hydrogen) atoms. The number of aliphatic hydroxyl groups excluding tert-OH is 1. The monoisotopic (exact) mass is 581 g/mol. The Bertz CT molecular complexity index is 1420. The number of carbonyl (C=O) groups excluding carboxylic acids is 2. The lowest BCUT2D eigenvalue weighted by Crippen LogP contribution is -2.67. The van der Waals surface area contributed by atoms with Gasteiger partial charge in [-0.2, -0.15) is 5.10 Å². The number of fused-ring (bicyclic) bond motifs is 6. The first-order chi connectivity index (χ1) is 19.4. The number of hydrogen-bond acceptors (Lipinski definition) is 7. The van der Waals surface area contributed by atoms with E-state index < -0.39 is 22.5 Å². The van der Waals surface area contributed by atoms with Gasteiger partial charge in [0, 0.05) is 28.5 Å². The highest BCUT2D eigenvalue weighted by atomic mass is 32.2. The van der Waals surface area contributed by atoms with Crippen molar-refractivity contribution >= 4 is 28.9 Å². The number of allylic oxidation sites excluding steroid dienone is 1. The van der Waals surface area contributed by atoms with E-state index >= 15 is 0 Å². The van der Waals surface area contributed by atoms with Gasteiger partial charge in [-0.05, 0) is 86.3 Å². The molecule has 4 aliphatic rings. The Balaban J connectivity index is 1.39. The molecule has 6 rings (SSSR count). The number of thioether (sulfide) groups is 1. The van der Waals surface area contributed by atoms with Gasteiger partial charge in [-0.3, -0.25) is 9.59 Å². The minimum absolute atomic E-state index is 0.115. The molecule has 0 aliphatic heterocycles. The Morgan fingerprint density at radius 1 is 1.20 bits per heavy atom. The van der Waals surface area contributed by atoms with E-state index in [1.165, 1.54) is 17.7 Å². The number of nitrogens with zero attached hydrogens (tertiary/aromatic N) is 2. The third-order valence-corrected chi connectivity index (χ3v) is 12.4. The first-order valence-corrected chi connectivity index (χ1v) is 15.7. The van der Waals surface area contributed by atoms with Crippen LogP contribution in [0.5, 0.6) is 0 Å². The lowest BCUT2D eigenvalue weighted by Gasteiger charge is -2.66. The van der Waals surface area contributed by atoms with Crippen LogP contribution in [0.3, 0.4) is 0 Å². The molecule has 1 heterocycles. The van der Waals surface area contributed by atoms with Crippen LogP contribution in [0, 0.1) is 33.9 Å². The Kier molecular flexibility index (Phi) is 6.83. The third-order valence-electron chi connectivity index (χ3n) is 11.7. The van der Waals surface area contributed by atoms with Gasteiger partial charge < -0.3 is 15.6 Å². The zero-order valence-corrected chi connectivity index (χ0v) is 25.1. The van der Waals surface area contributed by atoms with Crippen LogP contribution in [0.2, 0.25) is 0 Å². The van der Waals surface area contributed by atoms with Crippen molar-refractivity contribution in [3.63, 3.8) is 0 Å². The SMILES string of the molecule is CCC(=O)O[C@]1(C(=O)SCN)CCC2[C@@H]3CCC4=Cc5c(cnn5-c5ccc(F)cc5)C[C@]4(C)[C@@]3(C)[C@@H](O)C[C@@]21C. The first-order valence-electron chi connectivity index (χ1n) is 14.8. The molecular formula is C32H40FN3O4S. The van der Waals surface area contributed by atoms with Gasteiger partial charge in [0.05, 0.1) is 23.7 Å². The Hall–Kier alpha value is -2.49. The van der Waals surface area contributed by atoms with E-state index in [1.54, 1.807) is 19.1 Å². The van der Waals surface area contributed by atoms with Crippen LogP contribution in [0.15, 0.2) is 36.0 Å². The summed E-state index contributed by atoms with van der Waals surface area (Å²) in [6, 6.07) is 6.37. The second kappa shape index (κ2) is 9.78. The average molecular weight is 582 g/mol. The van der Waals surface area contributed by atoms with Crippen LogP contribution in [-0.4, -0.2) is 43.6 Å². The molecule has 1 aromatic carbocycles. The number of aromatic nitrogens is 2. The van der Waals surface area contributed by atoms with Crippen molar-refractivity contribution in [1.29, 1.82) is 0 Å². The second-order valence-electron chi connectivity index (χ2n) is 13.1. The third kappa shape index (κ3) is 3.80. The van der Waals surface area contributed by atoms with Crippen LogP contribution in [-0.2, 0) is 20.7 Å². The maximum atomic E-state index is 13.7. The van der Waals surface area contributed by atoms with Crippen molar-refractivity contribution in [3.8, 4) is 5.69 Å². The maximum Gasteiger partial charge on any atom is 0.306 e. The van der Waals surface area contributed by atoms with Crippen molar-refractivity contribution in [2.45, 2.75) is 84.3 Å². The molecule has 2 aromatic rings. The molecule has 0 bridgehead atoms. The van der Waals surface area contributed by atoms with Gasteiger partial charge in [-0.15, -0.1) is 0 Å². The van der Waals surface area contributed by atoms with Crippen molar-refractivity contribution in [3.05, 3.63) is 53.1 Å². The maximum absolute atomic E-state index is 13.7. The quantitative estimate of drug-likeness (QED) is 0.359. The van der Waals surface area contributed by atoms with E-state index in [2.05, 4.69) is 31.9 Å². The lowest BCUT2D eigenvalue weighted by molar-refractivity contribution is -0.218. The smallest absolute Gasteiger partial charge is 0.306 e. The predicted molar refractivity (Wildman–Crippen MR) is 156 cm³/mol. The molecule has 0 spiro atoms. The Labute approximate surface area is 245 Å². The number of ether oxygens (including phenoxy) is 1. The minimum atomic E-state index is -1.29. The molecule has 1 aromatic heterocycles. The zero-order chi connectivity index (χ0) is 29.4. The predicted octanol–water partition coefficient (Wildman–Crippen LogP) is 5.42. The largest absolute Gasteiger partial charge is 0.449 e. The highest BCUT2D eigenvalue weighted by Gasteiger charge is 2.73. The van der Waals surface area contributed by atoms with Gasteiger partial charge in [0.1, 0.15) is 5.82 Å². The van der Waals surface area contributed by atoms with E-state index in [4.69, 9.17) is 10.5 Å². The van der Waals surface area contributed by atoms with E-state index in [1.807, 2.05) is 10.9 Å². The van der Waals surface area contributed by atoms with Crippen LogP contribution in [0.4, 0.5) is 4.39 Å². The Morgan fingerprint density at radius 3 is 2.61 bits per heavy atom. The topological polar surface area (TPSA) is 107 Å². The number of benzene rings is 1. The number of rotatable bonds is 5. The number of esters is 1. The molecule has 0 saturated heterocycles. The summed E-state index contributed by atoms with van der Waals surface area (Å²) in [7, 11) is 0. The standard InChI is InChI=1S/C32H40FN3O4S/c1-5-27(38)40-32(28(39)41-18-34)13-12-23-24-11-6-20-14-25-19(17-35-36(25)22-9-7-21(33)8-10-22)15-29(20,2)31(24,4)26(37)16-30(23,32)3/h7-10,14,17,23-24,26,37H,5-6,11-13,15-16,18,34H2,1-4H3/t23?,24-,26-,29-,30-,31+,32-/m0/s1. The molecular weight excluding hydrogens is 541 g/mol. The van der Waals surface area contributed by atoms with Crippen molar-refractivity contribution in [2.24, 2.45) is 33.8 Å². The van der Waals surface area contributed by atoms with Gasteiger partial charge in [0.25, 0.3) is 0 Å². The van der Waals surface area contributed by atoms with Crippen molar-refractivity contribution in [1.82, 2.24) is 9.78 Å². The van der Waals surface area contributed by atoms with Crippen LogP contribution < -0.4 is 5.73 Å². The number of halogens is 1. The fraction of sp³-hybridized carbons (Fsp3) is 0.594. The van der Waals surface area contributed by atoms with E-state index in [-0.39, 0.29) is 46.5 Å². The summed E-state index contributed by atoms with van der Waals surface area (Å²) < 4.78 is 21.6. The normalized spacial score (nSPS) is 37.3. The van der Waals surface area contributed by atoms with Gasteiger partial charge in [0.15, 0.2) is 5.60 Å². The molecule has 3 fully saturated rings. The summed E-state index contributed by atoms with van der Waals surface area (Å²) in [6.07, 6.45) is 7.71. The summed E-state index contributed by atoms with van der Waals surface area (Å²) in [5.74, 6) is -0.294. The lowest BCUT2D eigenvalue weighted by atomic mass is 9.39. The summed E-state index contributed by atoms with van der Waals surface area (Å²) in [5.41, 5.74) is 7.26. The summed E-state index contributed by atoms with van der Waals surface area (Å²) in [4.78, 5) is 26.4. The summed E-state index contributed by atoms with van der Waals surface area (Å²) in [6.45, 7) is 8.32. The molecule has 3 N–H and O–H groups in total. The summed E-state index contributed by atoms with van der Waals surface area (Å²) >= 11 is 1.02.